The SMILES string of the molecule is CCN(c1ccccc1)S(=O)(=O)c1ccc(NCC(=O)c2cccc(S(=O)(=O)N3CCC(C)CC3)c2)cc1. The Bertz CT molecular complexity index is 1470. The molecule has 0 spiro atoms. The van der Waals surface area contributed by atoms with Crippen molar-refractivity contribution in [2.24, 2.45) is 5.92 Å². The summed E-state index contributed by atoms with van der Waals surface area (Å²) in [6, 6.07) is 21.2. The molecule has 1 aliphatic heterocycles. The fraction of sp³-hybridized carbons (Fsp3) is 0.321. The number of piperidine rings is 1. The molecule has 1 aliphatic rings. The summed E-state index contributed by atoms with van der Waals surface area (Å²) in [5.41, 5.74) is 1.46. The van der Waals surface area contributed by atoms with Gasteiger partial charge in [-0.3, -0.25) is 9.10 Å². The second kappa shape index (κ2) is 11.7. The van der Waals surface area contributed by atoms with Crippen molar-refractivity contribution < 1.29 is 21.6 Å². The number of rotatable bonds is 10. The summed E-state index contributed by atoms with van der Waals surface area (Å²) in [6.45, 7) is 5.08. The summed E-state index contributed by atoms with van der Waals surface area (Å²) in [4.78, 5) is 13.1. The quantitative estimate of drug-likeness (QED) is 0.366. The molecular weight excluding hydrogens is 522 g/mol. The first-order valence-electron chi connectivity index (χ1n) is 12.7. The predicted octanol–water partition coefficient (Wildman–Crippen LogP) is 4.62. The van der Waals surface area contributed by atoms with Crippen LogP contribution in [0.15, 0.2) is 88.7 Å². The maximum atomic E-state index is 13.2. The molecule has 0 radical (unpaired) electrons. The van der Waals surface area contributed by atoms with Crippen molar-refractivity contribution in [3.63, 3.8) is 0 Å². The fourth-order valence-corrected chi connectivity index (χ4v) is 7.44. The van der Waals surface area contributed by atoms with Gasteiger partial charge < -0.3 is 5.32 Å². The van der Waals surface area contributed by atoms with Crippen LogP contribution in [0.3, 0.4) is 0 Å². The van der Waals surface area contributed by atoms with Crippen LogP contribution in [0.5, 0.6) is 0 Å². The van der Waals surface area contributed by atoms with E-state index < -0.39 is 20.0 Å². The molecule has 1 fully saturated rings. The van der Waals surface area contributed by atoms with Gasteiger partial charge in [0, 0.05) is 30.9 Å². The third-order valence-corrected chi connectivity index (χ3v) is 10.6. The number of sulfonamides is 2. The van der Waals surface area contributed by atoms with E-state index in [4.69, 9.17) is 0 Å². The van der Waals surface area contributed by atoms with E-state index in [1.807, 2.05) is 6.07 Å². The summed E-state index contributed by atoms with van der Waals surface area (Å²) in [7, 11) is -7.41. The van der Waals surface area contributed by atoms with Crippen LogP contribution >= 0.6 is 0 Å². The number of Topliss-reactive ketones (excluding diaryl/α,β-unsaturated/α-hetero) is 1. The number of anilines is 2. The van der Waals surface area contributed by atoms with Crippen molar-refractivity contribution in [2.45, 2.75) is 36.5 Å². The van der Waals surface area contributed by atoms with Gasteiger partial charge in [0.2, 0.25) is 10.0 Å². The summed E-state index contributed by atoms with van der Waals surface area (Å²) in [6.07, 6.45) is 1.65. The molecule has 0 atom stereocenters. The van der Waals surface area contributed by atoms with Crippen molar-refractivity contribution in [2.75, 3.05) is 35.8 Å². The summed E-state index contributed by atoms with van der Waals surface area (Å²) >= 11 is 0. The molecule has 0 saturated carbocycles. The van der Waals surface area contributed by atoms with Crippen molar-refractivity contribution in [3.05, 3.63) is 84.4 Å². The number of para-hydroxylation sites is 1. The molecule has 8 nitrogen and oxygen atoms in total. The molecule has 0 aliphatic carbocycles. The first kappa shape index (κ1) is 27.8. The molecule has 10 heteroatoms. The van der Waals surface area contributed by atoms with E-state index in [1.54, 1.807) is 55.5 Å². The number of hydrogen-bond acceptors (Lipinski definition) is 6. The molecule has 1 heterocycles. The van der Waals surface area contributed by atoms with E-state index in [1.165, 1.54) is 32.9 Å². The van der Waals surface area contributed by atoms with Crippen LogP contribution in [-0.2, 0) is 20.0 Å². The van der Waals surface area contributed by atoms with Crippen LogP contribution in [0.1, 0.15) is 37.0 Å². The zero-order valence-corrected chi connectivity index (χ0v) is 23.2. The van der Waals surface area contributed by atoms with Crippen molar-refractivity contribution in [3.8, 4) is 0 Å². The van der Waals surface area contributed by atoms with E-state index in [0.29, 0.717) is 35.9 Å². The molecule has 0 aromatic heterocycles. The monoisotopic (exact) mass is 555 g/mol. The smallest absolute Gasteiger partial charge is 0.264 e. The molecule has 38 heavy (non-hydrogen) atoms. The molecule has 0 unspecified atom stereocenters. The summed E-state index contributed by atoms with van der Waals surface area (Å²) < 4.78 is 55.3. The van der Waals surface area contributed by atoms with Crippen LogP contribution in [-0.4, -0.2) is 53.1 Å². The lowest BCUT2D eigenvalue weighted by atomic mass is 10.0. The lowest BCUT2D eigenvalue weighted by molar-refractivity contribution is 0.101. The van der Waals surface area contributed by atoms with Gasteiger partial charge in [-0.15, -0.1) is 0 Å². The molecule has 1 saturated heterocycles. The highest BCUT2D eigenvalue weighted by atomic mass is 32.2. The van der Waals surface area contributed by atoms with Crippen molar-refractivity contribution in [1.82, 2.24) is 4.31 Å². The molecule has 202 valence electrons. The van der Waals surface area contributed by atoms with Crippen LogP contribution in [0.25, 0.3) is 0 Å². The Hall–Kier alpha value is -3.21. The number of carbonyl (C=O) groups is 1. The summed E-state index contributed by atoms with van der Waals surface area (Å²) in [5, 5.41) is 3.01. The van der Waals surface area contributed by atoms with Gasteiger partial charge in [-0.2, -0.15) is 4.31 Å². The van der Waals surface area contributed by atoms with Gasteiger partial charge in [0.05, 0.1) is 22.0 Å². The number of benzene rings is 3. The average molecular weight is 556 g/mol. The minimum atomic E-state index is -3.75. The third-order valence-electron chi connectivity index (χ3n) is 6.76. The Morgan fingerprint density at radius 2 is 1.55 bits per heavy atom. The van der Waals surface area contributed by atoms with E-state index in [-0.39, 0.29) is 28.7 Å². The first-order chi connectivity index (χ1) is 18.1. The number of ketones is 1. The Balaban J connectivity index is 1.42. The number of hydrogen-bond donors (Lipinski definition) is 1. The normalized spacial score (nSPS) is 15.2. The molecule has 3 aromatic rings. The van der Waals surface area contributed by atoms with Gasteiger partial charge in [0.1, 0.15) is 0 Å². The van der Waals surface area contributed by atoms with Gasteiger partial charge in [-0.1, -0.05) is 37.3 Å². The van der Waals surface area contributed by atoms with Crippen molar-refractivity contribution in [1.29, 1.82) is 0 Å². The second-order valence-electron chi connectivity index (χ2n) is 9.42. The molecule has 0 bridgehead atoms. The predicted molar refractivity (Wildman–Crippen MR) is 150 cm³/mol. The molecular formula is C28H33N3O5S2. The van der Waals surface area contributed by atoms with Crippen LogP contribution in [0, 0.1) is 5.92 Å². The fourth-order valence-electron chi connectivity index (χ4n) is 4.45. The average Bonchev–Trinajstić information content (AvgIpc) is 2.93. The van der Waals surface area contributed by atoms with Gasteiger partial charge in [-0.05, 0) is 74.2 Å². The van der Waals surface area contributed by atoms with Gasteiger partial charge in [0.25, 0.3) is 10.0 Å². The number of carbonyl (C=O) groups excluding carboxylic acids is 1. The Morgan fingerprint density at radius 3 is 2.18 bits per heavy atom. The standard InChI is InChI=1S/C28H33N3O5S2/c1-3-31(25-9-5-4-6-10-25)38(35,36)26-14-12-24(13-15-26)29-21-28(32)23-8-7-11-27(20-23)37(33,34)30-18-16-22(2)17-19-30/h4-15,20,22,29H,3,16-19,21H2,1-2H3. The van der Waals surface area contributed by atoms with Gasteiger partial charge in [0.15, 0.2) is 5.78 Å². The number of nitrogens with one attached hydrogen (secondary N) is 1. The highest BCUT2D eigenvalue weighted by molar-refractivity contribution is 7.92. The van der Waals surface area contributed by atoms with Gasteiger partial charge >= 0.3 is 0 Å². The lowest BCUT2D eigenvalue weighted by Gasteiger charge is -2.29. The van der Waals surface area contributed by atoms with E-state index >= 15 is 0 Å². The van der Waals surface area contributed by atoms with E-state index in [2.05, 4.69) is 12.2 Å². The number of nitrogens with zero attached hydrogens (tertiary/aromatic N) is 2. The minimum Gasteiger partial charge on any atom is -0.378 e. The van der Waals surface area contributed by atoms with E-state index in [0.717, 1.165) is 12.8 Å². The largest absolute Gasteiger partial charge is 0.378 e. The Morgan fingerprint density at radius 1 is 0.895 bits per heavy atom. The van der Waals surface area contributed by atoms with Crippen LogP contribution in [0.4, 0.5) is 11.4 Å². The molecule has 4 rings (SSSR count). The van der Waals surface area contributed by atoms with Crippen molar-refractivity contribution >= 4 is 37.2 Å². The highest BCUT2D eigenvalue weighted by Crippen LogP contribution is 2.26. The second-order valence-corrected chi connectivity index (χ2v) is 13.2. The zero-order valence-electron chi connectivity index (χ0n) is 21.6. The zero-order chi connectivity index (χ0) is 27.3. The maximum absolute atomic E-state index is 13.2. The molecule has 0 amide bonds. The molecule has 3 aromatic carbocycles. The molecule has 1 N–H and O–H groups in total. The van der Waals surface area contributed by atoms with E-state index in [9.17, 15) is 21.6 Å². The first-order valence-corrected chi connectivity index (χ1v) is 15.6. The topological polar surface area (TPSA) is 104 Å². The van der Waals surface area contributed by atoms with Crippen LogP contribution < -0.4 is 9.62 Å². The summed E-state index contributed by atoms with van der Waals surface area (Å²) in [5.74, 6) is 0.233. The Labute approximate surface area is 225 Å². The minimum absolute atomic E-state index is 0.0675. The third kappa shape index (κ3) is 6.09. The maximum Gasteiger partial charge on any atom is 0.264 e. The lowest BCUT2D eigenvalue weighted by Crippen LogP contribution is -2.37. The van der Waals surface area contributed by atoms with Crippen LogP contribution in [0.2, 0.25) is 0 Å². The highest BCUT2D eigenvalue weighted by Gasteiger charge is 2.28. The van der Waals surface area contributed by atoms with Gasteiger partial charge in [-0.25, -0.2) is 16.8 Å². The Kier molecular flexibility index (Phi) is 8.54.